The molecule has 13 heteroatoms. The monoisotopic (exact) mass is 563 g/mol. The van der Waals surface area contributed by atoms with Crippen molar-refractivity contribution in [2.75, 3.05) is 26.2 Å². The number of hydrogen-bond donors (Lipinski definition) is 1. The van der Waals surface area contributed by atoms with E-state index in [9.17, 15) is 28.1 Å². The van der Waals surface area contributed by atoms with Crippen molar-refractivity contribution in [3.8, 4) is 23.3 Å². The van der Waals surface area contributed by atoms with Crippen molar-refractivity contribution in [2.24, 2.45) is 0 Å². The second kappa shape index (κ2) is 10.3. The van der Waals surface area contributed by atoms with E-state index in [1.807, 2.05) is 21.8 Å². The van der Waals surface area contributed by atoms with E-state index in [1.54, 1.807) is 12.4 Å². The zero-order chi connectivity index (χ0) is 28.8. The molecule has 0 aromatic carbocycles. The number of aromatic nitrogens is 5. The van der Waals surface area contributed by atoms with E-state index < -0.39 is 23.2 Å². The minimum Gasteiger partial charge on any atom is -0.346 e. The van der Waals surface area contributed by atoms with Crippen molar-refractivity contribution in [3.63, 3.8) is 0 Å². The van der Waals surface area contributed by atoms with Crippen molar-refractivity contribution in [3.05, 3.63) is 65.8 Å². The Kier molecular flexibility index (Phi) is 6.72. The van der Waals surface area contributed by atoms with Crippen LogP contribution in [0.25, 0.3) is 22.2 Å². The lowest BCUT2D eigenvalue weighted by atomic mass is 9.83. The summed E-state index contributed by atoms with van der Waals surface area (Å²) in [6, 6.07) is 7.41. The fraction of sp³-hybridized carbons (Fsp3) is 0.393. The van der Waals surface area contributed by atoms with Gasteiger partial charge in [-0.1, -0.05) is 0 Å². The highest BCUT2D eigenvalue weighted by Gasteiger charge is 2.48. The molecule has 2 aliphatic heterocycles. The summed E-state index contributed by atoms with van der Waals surface area (Å²) in [6.07, 6.45) is 4.75. The summed E-state index contributed by atoms with van der Waals surface area (Å²) in [5.41, 5.74) is 1.02. The molecule has 210 valence electrons. The Morgan fingerprint density at radius 3 is 2.59 bits per heavy atom. The van der Waals surface area contributed by atoms with E-state index in [4.69, 9.17) is 0 Å². The van der Waals surface area contributed by atoms with Gasteiger partial charge in [-0.2, -0.15) is 28.8 Å². The molecular weight excluding hydrogens is 538 g/mol. The molecule has 6 heterocycles. The van der Waals surface area contributed by atoms with Crippen LogP contribution in [0.4, 0.5) is 17.6 Å². The second-order valence-electron chi connectivity index (χ2n) is 10.7. The topological polar surface area (TPSA) is 113 Å². The molecule has 41 heavy (non-hydrogen) atoms. The molecule has 0 spiro atoms. The standard InChI is InChI=1S/C28H25F4N9/c29-23-13-36-24(28(30,31)32)9-18(23)14-39-7-2-21(3-8-39)40-16-27(17-40,4-5-33)41-15-20(12-38-41)25-19(10-34)11-37-26-22(25)1-6-35-26/h1,6,9,11-13,15,21H,2-4,7-8,14,16-17H2,(H,35,37). The van der Waals surface area contributed by atoms with Gasteiger partial charge < -0.3 is 4.98 Å². The fourth-order valence-electron chi connectivity index (χ4n) is 6.01. The Morgan fingerprint density at radius 2 is 1.88 bits per heavy atom. The molecule has 6 rings (SSSR count). The molecule has 0 saturated carbocycles. The number of nitriles is 2. The Hall–Kier alpha value is -4.33. The van der Waals surface area contributed by atoms with E-state index in [0.717, 1.165) is 35.4 Å². The molecular formula is C28H25F4N9. The van der Waals surface area contributed by atoms with Crippen LogP contribution in [0.1, 0.15) is 36.1 Å². The highest BCUT2D eigenvalue weighted by molar-refractivity contribution is 5.95. The number of H-pyrrole nitrogens is 1. The maximum absolute atomic E-state index is 14.2. The molecule has 2 fully saturated rings. The van der Waals surface area contributed by atoms with E-state index in [-0.39, 0.29) is 24.6 Å². The van der Waals surface area contributed by atoms with Gasteiger partial charge in [-0.15, -0.1) is 0 Å². The molecule has 0 radical (unpaired) electrons. The zero-order valence-corrected chi connectivity index (χ0v) is 21.9. The normalized spacial score (nSPS) is 18.2. The van der Waals surface area contributed by atoms with Crippen molar-refractivity contribution in [1.82, 2.24) is 34.5 Å². The van der Waals surface area contributed by atoms with Crippen LogP contribution < -0.4 is 0 Å². The first kappa shape index (κ1) is 26.9. The van der Waals surface area contributed by atoms with E-state index in [1.165, 1.54) is 6.20 Å². The Balaban J connectivity index is 1.12. The average molecular weight is 564 g/mol. The van der Waals surface area contributed by atoms with Crippen molar-refractivity contribution in [2.45, 2.75) is 43.6 Å². The number of nitrogens with zero attached hydrogens (tertiary/aromatic N) is 8. The smallest absolute Gasteiger partial charge is 0.346 e. The zero-order valence-electron chi connectivity index (χ0n) is 21.9. The fourth-order valence-corrected chi connectivity index (χ4v) is 6.01. The summed E-state index contributed by atoms with van der Waals surface area (Å²) in [5.74, 6) is -0.742. The summed E-state index contributed by atoms with van der Waals surface area (Å²) in [4.78, 5) is 14.8. The molecule has 1 N–H and O–H groups in total. The number of pyridine rings is 2. The third-order valence-corrected chi connectivity index (χ3v) is 8.16. The molecule has 0 bridgehead atoms. The lowest BCUT2D eigenvalue weighted by Crippen LogP contribution is -2.66. The highest BCUT2D eigenvalue weighted by Crippen LogP contribution is 2.38. The molecule has 0 aliphatic carbocycles. The van der Waals surface area contributed by atoms with Crippen LogP contribution in [0, 0.1) is 28.5 Å². The predicted molar refractivity (Wildman–Crippen MR) is 139 cm³/mol. The second-order valence-corrected chi connectivity index (χ2v) is 10.7. The Bertz CT molecular complexity index is 1660. The van der Waals surface area contributed by atoms with E-state index in [0.29, 0.717) is 43.6 Å². The number of rotatable bonds is 6. The van der Waals surface area contributed by atoms with Gasteiger partial charge >= 0.3 is 6.18 Å². The lowest BCUT2D eigenvalue weighted by molar-refractivity contribution is -0.141. The molecule has 0 unspecified atom stereocenters. The van der Waals surface area contributed by atoms with Crippen molar-refractivity contribution < 1.29 is 17.6 Å². The maximum Gasteiger partial charge on any atom is 0.433 e. The van der Waals surface area contributed by atoms with Crippen LogP contribution in [0.2, 0.25) is 0 Å². The van der Waals surface area contributed by atoms with E-state index >= 15 is 0 Å². The largest absolute Gasteiger partial charge is 0.433 e. The summed E-state index contributed by atoms with van der Waals surface area (Å²) in [6.45, 7) is 2.58. The molecule has 2 aliphatic rings. The summed E-state index contributed by atoms with van der Waals surface area (Å²) in [7, 11) is 0. The molecule has 0 atom stereocenters. The van der Waals surface area contributed by atoms with Gasteiger partial charge in [-0.05, 0) is 38.1 Å². The third-order valence-electron chi connectivity index (χ3n) is 8.16. The first-order chi connectivity index (χ1) is 19.7. The quantitative estimate of drug-likeness (QED) is 0.345. The number of fused-ring (bicyclic) bond motifs is 1. The summed E-state index contributed by atoms with van der Waals surface area (Å²) in [5, 5.41) is 24.7. The van der Waals surface area contributed by atoms with Crippen molar-refractivity contribution >= 4 is 11.0 Å². The predicted octanol–water partition coefficient (Wildman–Crippen LogP) is 4.44. The molecule has 4 aromatic rings. The van der Waals surface area contributed by atoms with Gasteiger partial charge in [-0.3, -0.25) is 14.5 Å². The first-order valence-corrected chi connectivity index (χ1v) is 13.2. The minimum absolute atomic E-state index is 0.0112. The van der Waals surface area contributed by atoms with Crippen molar-refractivity contribution in [1.29, 1.82) is 10.5 Å². The SMILES string of the molecule is N#CCC1(n2cc(-c3c(C#N)cnc4[nH]ccc34)cn2)CN(C2CCN(Cc3cc(C(F)(F)F)ncc3F)CC2)C1. The lowest BCUT2D eigenvalue weighted by Gasteiger charge is -2.53. The van der Waals surface area contributed by atoms with Crippen LogP contribution in [0.3, 0.4) is 0 Å². The number of nitrogens with one attached hydrogen (secondary N) is 1. The van der Waals surface area contributed by atoms with Crippen LogP contribution >= 0.6 is 0 Å². The number of hydrogen-bond acceptors (Lipinski definition) is 7. The van der Waals surface area contributed by atoms with Gasteiger partial charge in [0, 0.05) is 66.3 Å². The number of likely N-dealkylation sites (tertiary alicyclic amines) is 2. The van der Waals surface area contributed by atoms with Gasteiger partial charge in [0.15, 0.2) is 0 Å². The summed E-state index contributed by atoms with van der Waals surface area (Å²) >= 11 is 0. The molecule has 9 nitrogen and oxygen atoms in total. The van der Waals surface area contributed by atoms with Gasteiger partial charge in [-0.25, -0.2) is 14.4 Å². The van der Waals surface area contributed by atoms with Crippen LogP contribution in [0.5, 0.6) is 0 Å². The minimum atomic E-state index is -4.62. The Morgan fingerprint density at radius 1 is 1.10 bits per heavy atom. The molecule has 0 amide bonds. The first-order valence-electron chi connectivity index (χ1n) is 13.2. The average Bonchev–Trinajstić information content (AvgIpc) is 3.61. The third kappa shape index (κ3) is 4.92. The summed E-state index contributed by atoms with van der Waals surface area (Å²) < 4.78 is 55.1. The number of piperidine rings is 1. The highest BCUT2D eigenvalue weighted by atomic mass is 19.4. The van der Waals surface area contributed by atoms with Gasteiger partial charge in [0.2, 0.25) is 0 Å². The van der Waals surface area contributed by atoms with Gasteiger partial charge in [0.25, 0.3) is 0 Å². The molecule has 2 saturated heterocycles. The van der Waals surface area contributed by atoms with Crippen LogP contribution in [-0.2, 0) is 18.3 Å². The number of aromatic amines is 1. The van der Waals surface area contributed by atoms with E-state index in [2.05, 4.69) is 37.1 Å². The van der Waals surface area contributed by atoms with Gasteiger partial charge in [0.1, 0.15) is 28.8 Å². The number of halogens is 4. The van der Waals surface area contributed by atoms with Gasteiger partial charge in [0.05, 0.1) is 30.4 Å². The molecule has 4 aromatic heterocycles. The maximum atomic E-state index is 14.2. The van der Waals surface area contributed by atoms with Crippen LogP contribution in [-0.4, -0.2) is 66.8 Å². The Labute approximate surface area is 232 Å². The number of alkyl halides is 3. The van der Waals surface area contributed by atoms with Crippen LogP contribution in [0.15, 0.2) is 43.1 Å².